The maximum Gasteiger partial charge on any atom is 0.233 e. The van der Waals surface area contributed by atoms with E-state index in [4.69, 9.17) is 5.73 Å². The third kappa shape index (κ3) is 2.04. The number of nitrogens with zero attached hydrogens (tertiary/aromatic N) is 3. The van der Waals surface area contributed by atoms with Gasteiger partial charge < -0.3 is 10.6 Å². The van der Waals surface area contributed by atoms with Crippen LogP contribution >= 0.6 is 11.5 Å². The van der Waals surface area contributed by atoms with E-state index < -0.39 is 0 Å². The summed E-state index contributed by atoms with van der Waals surface area (Å²) in [6, 6.07) is 0. The van der Waals surface area contributed by atoms with Crippen molar-refractivity contribution in [2.75, 3.05) is 24.2 Å². The molecular formula is C6H12N4S. The molecule has 5 heteroatoms. The Morgan fingerprint density at radius 3 is 2.82 bits per heavy atom. The van der Waals surface area contributed by atoms with Crippen molar-refractivity contribution in [3.63, 3.8) is 0 Å². The maximum atomic E-state index is 5.37. The predicted molar refractivity (Wildman–Crippen MR) is 47.9 cm³/mol. The van der Waals surface area contributed by atoms with Crippen LogP contribution in [0.1, 0.15) is 13.3 Å². The van der Waals surface area contributed by atoms with Gasteiger partial charge in [-0.2, -0.15) is 9.36 Å². The highest BCUT2D eigenvalue weighted by Gasteiger charge is 2.04. The van der Waals surface area contributed by atoms with Crippen LogP contribution in [0.15, 0.2) is 0 Å². The van der Waals surface area contributed by atoms with Gasteiger partial charge in [-0.05, 0) is 6.42 Å². The fourth-order valence-corrected chi connectivity index (χ4v) is 1.39. The Bertz CT molecular complexity index is 222. The molecule has 1 aromatic rings. The molecule has 11 heavy (non-hydrogen) atoms. The Hall–Kier alpha value is -0.840. The lowest BCUT2D eigenvalue weighted by molar-refractivity contribution is 0.848. The monoisotopic (exact) mass is 172 g/mol. The second kappa shape index (κ2) is 3.52. The molecule has 0 unspecified atom stereocenters. The molecule has 1 heterocycles. The van der Waals surface area contributed by atoms with Crippen molar-refractivity contribution in [1.29, 1.82) is 0 Å². The molecule has 0 spiro atoms. The number of hydrogen-bond donors (Lipinski definition) is 1. The van der Waals surface area contributed by atoms with E-state index in [0.29, 0.717) is 5.95 Å². The summed E-state index contributed by atoms with van der Waals surface area (Å²) >= 11 is 1.34. The molecule has 0 aromatic carbocycles. The van der Waals surface area contributed by atoms with Gasteiger partial charge in [-0.3, -0.25) is 0 Å². The van der Waals surface area contributed by atoms with Crippen molar-refractivity contribution in [3.8, 4) is 0 Å². The van der Waals surface area contributed by atoms with Gasteiger partial charge in [0.15, 0.2) is 0 Å². The van der Waals surface area contributed by atoms with Crippen LogP contribution in [-0.2, 0) is 0 Å². The first-order chi connectivity index (χ1) is 5.24. The van der Waals surface area contributed by atoms with E-state index in [-0.39, 0.29) is 0 Å². The lowest BCUT2D eigenvalue weighted by atomic mass is 10.5. The predicted octanol–water partition coefficient (Wildman–Crippen LogP) is 0.966. The van der Waals surface area contributed by atoms with Crippen LogP contribution in [0.3, 0.4) is 0 Å². The summed E-state index contributed by atoms with van der Waals surface area (Å²) in [5, 5.41) is 0.893. The van der Waals surface area contributed by atoms with E-state index in [9.17, 15) is 0 Å². The van der Waals surface area contributed by atoms with Crippen molar-refractivity contribution < 1.29 is 0 Å². The molecule has 0 aliphatic carbocycles. The zero-order chi connectivity index (χ0) is 8.27. The number of rotatable bonds is 3. The van der Waals surface area contributed by atoms with Gasteiger partial charge in [-0.25, -0.2) is 0 Å². The first-order valence-electron chi connectivity index (χ1n) is 3.54. The van der Waals surface area contributed by atoms with Crippen LogP contribution in [0.2, 0.25) is 0 Å². The minimum atomic E-state index is 0.368. The first kappa shape index (κ1) is 8.26. The topological polar surface area (TPSA) is 55.0 Å². The summed E-state index contributed by atoms with van der Waals surface area (Å²) in [4.78, 5) is 6.09. The van der Waals surface area contributed by atoms with Gasteiger partial charge in [0.1, 0.15) is 0 Å². The van der Waals surface area contributed by atoms with Gasteiger partial charge in [-0.15, -0.1) is 0 Å². The molecule has 0 radical (unpaired) electrons. The third-order valence-electron chi connectivity index (χ3n) is 1.32. The van der Waals surface area contributed by atoms with Crippen LogP contribution in [0.25, 0.3) is 0 Å². The van der Waals surface area contributed by atoms with Crippen LogP contribution in [0.5, 0.6) is 0 Å². The van der Waals surface area contributed by atoms with Gasteiger partial charge in [0, 0.05) is 25.1 Å². The molecule has 0 bridgehead atoms. The van der Waals surface area contributed by atoms with Crippen LogP contribution in [-0.4, -0.2) is 22.9 Å². The summed E-state index contributed by atoms with van der Waals surface area (Å²) in [6.45, 7) is 3.12. The van der Waals surface area contributed by atoms with Gasteiger partial charge in [0.25, 0.3) is 0 Å². The molecule has 0 saturated carbocycles. The summed E-state index contributed by atoms with van der Waals surface area (Å²) in [6.07, 6.45) is 1.11. The average molecular weight is 172 g/mol. The zero-order valence-corrected chi connectivity index (χ0v) is 7.56. The minimum absolute atomic E-state index is 0.368. The number of anilines is 2. The van der Waals surface area contributed by atoms with Gasteiger partial charge in [0.05, 0.1) is 0 Å². The van der Waals surface area contributed by atoms with Crippen LogP contribution < -0.4 is 10.6 Å². The Balaban J connectivity index is 2.60. The van der Waals surface area contributed by atoms with Crippen molar-refractivity contribution in [2.45, 2.75) is 13.3 Å². The lowest BCUT2D eigenvalue weighted by Gasteiger charge is -2.12. The maximum absolute atomic E-state index is 5.37. The largest absolute Gasteiger partial charge is 0.367 e. The third-order valence-corrected chi connectivity index (χ3v) is 2.16. The molecule has 62 valence electrons. The SMILES string of the molecule is CCCN(C)c1nc(N)ns1. The molecule has 4 nitrogen and oxygen atoms in total. The van der Waals surface area contributed by atoms with Crippen molar-refractivity contribution >= 4 is 22.6 Å². The zero-order valence-electron chi connectivity index (χ0n) is 6.74. The second-order valence-corrected chi connectivity index (χ2v) is 3.09. The van der Waals surface area contributed by atoms with Crippen molar-refractivity contribution in [1.82, 2.24) is 9.36 Å². The van der Waals surface area contributed by atoms with Crippen molar-refractivity contribution in [2.24, 2.45) is 0 Å². The summed E-state index contributed by atoms with van der Waals surface area (Å²) in [5.74, 6) is 0.368. The van der Waals surface area contributed by atoms with Gasteiger partial charge in [-0.1, -0.05) is 6.92 Å². The highest BCUT2D eigenvalue weighted by atomic mass is 32.1. The molecule has 0 atom stereocenters. The lowest BCUT2D eigenvalue weighted by Crippen LogP contribution is -2.17. The molecule has 0 amide bonds. The Kier molecular flexibility index (Phi) is 2.64. The van der Waals surface area contributed by atoms with Crippen molar-refractivity contribution in [3.05, 3.63) is 0 Å². The Morgan fingerprint density at radius 2 is 2.36 bits per heavy atom. The number of nitrogens with two attached hydrogens (primary N) is 1. The van der Waals surface area contributed by atoms with E-state index in [1.165, 1.54) is 11.5 Å². The number of nitrogen functional groups attached to an aromatic ring is 1. The van der Waals surface area contributed by atoms with E-state index in [1.54, 1.807) is 0 Å². The van der Waals surface area contributed by atoms with Crippen LogP contribution in [0.4, 0.5) is 11.1 Å². The quantitative estimate of drug-likeness (QED) is 0.738. The second-order valence-electron chi connectivity index (χ2n) is 2.36. The van der Waals surface area contributed by atoms with Gasteiger partial charge in [0.2, 0.25) is 11.1 Å². The molecule has 1 aromatic heterocycles. The highest BCUT2D eigenvalue weighted by Crippen LogP contribution is 2.16. The van der Waals surface area contributed by atoms with E-state index in [1.807, 2.05) is 11.9 Å². The van der Waals surface area contributed by atoms with Crippen LogP contribution in [0, 0.1) is 0 Å². The summed E-state index contributed by atoms with van der Waals surface area (Å²) in [7, 11) is 1.99. The van der Waals surface area contributed by atoms with E-state index in [0.717, 1.165) is 18.1 Å². The molecular weight excluding hydrogens is 160 g/mol. The highest BCUT2D eigenvalue weighted by molar-refractivity contribution is 7.09. The fraction of sp³-hybridized carbons (Fsp3) is 0.667. The Morgan fingerprint density at radius 1 is 1.64 bits per heavy atom. The van der Waals surface area contributed by atoms with Gasteiger partial charge >= 0.3 is 0 Å². The number of hydrogen-bond acceptors (Lipinski definition) is 5. The molecule has 0 fully saturated rings. The normalized spacial score (nSPS) is 10.0. The number of aromatic nitrogens is 2. The molecule has 1 rings (SSSR count). The van der Waals surface area contributed by atoms with E-state index >= 15 is 0 Å². The molecule has 2 N–H and O–H groups in total. The standard InChI is InChI=1S/C6H12N4S/c1-3-4-10(2)6-8-5(7)9-11-6/h3-4H2,1-2H3,(H2,7,9). The first-order valence-corrected chi connectivity index (χ1v) is 4.31. The fourth-order valence-electron chi connectivity index (χ4n) is 0.813. The molecule has 0 aliphatic heterocycles. The average Bonchev–Trinajstić information content (AvgIpc) is 2.36. The molecule has 0 aliphatic rings. The smallest absolute Gasteiger partial charge is 0.233 e. The summed E-state index contributed by atoms with van der Waals surface area (Å²) < 4.78 is 3.89. The summed E-state index contributed by atoms with van der Waals surface area (Å²) in [5.41, 5.74) is 5.37. The minimum Gasteiger partial charge on any atom is -0.367 e. The molecule has 0 saturated heterocycles. The Labute approximate surface area is 70.2 Å². The van der Waals surface area contributed by atoms with E-state index in [2.05, 4.69) is 16.3 Å².